The van der Waals surface area contributed by atoms with Gasteiger partial charge in [-0.15, -0.1) is 0 Å². The number of carbonyl (C=O) groups is 2. The number of amides is 1. The van der Waals surface area contributed by atoms with Gasteiger partial charge < -0.3 is 24.4 Å². The Morgan fingerprint density at radius 2 is 1.88 bits per heavy atom. The molecule has 0 saturated carbocycles. The maximum atomic E-state index is 12.4. The number of anilines is 1. The third-order valence-electron chi connectivity index (χ3n) is 4.54. The highest BCUT2D eigenvalue weighted by Gasteiger charge is 2.40. The van der Waals surface area contributed by atoms with E-state index in [0.29, 0.717) is 57.0 Å². The van der Waals surface area contributed by atoms with Crippen LogP contribution in [0, 0.1) is 0 Å². The van der Waals surface area contributed by atoms with Crippen molar-refractivity contribution in [1.29, 1.82) is 0 Å². The number of benzene rings is 1. The Hall–Kier alpha value is -2.12. The lowest BCUT2D eigenvalue weighted by molar-refractivity contribution is -0.187. The van der Waals surface area contributed by atoms with Crippen molar-refractivity contribution in [2.24, 2.45) is 0 Å². The van der Waals surface area contributed by atoms with Crippen LogP contribution in [0.5, 0.6) is 0 Å². The Morgan fingerprint density at radius 1 is 1.20 bits per heavy atom. The normalized spacial score (nSPS) is 19.0. The van der Waals surface area contributed by atoms with Crippen molar-refractivity contribution in [3.63, 3.8) is 0 Å². The first-order chi connectivity index (χ1) is 12.1. The molecule has 1 N–H and O–H groups in total. The van der Waals surface area contributed by atoms with E-state index in [0.717, 1.165) is 0 Å². The first kappa shape index (κ1) is 17.7. The molecule has 7 heteroatoms. The highest BCUT2D eigenvalue weighted by molar-refractivity contribution is 5.96. The fraction of sp³-hybridized carbons (Fsp3) is 0.556. The average molecular weight is 348 g/mol. The van der Waals surface area contributed by atoms with Crippen molar-refractivity contribution in [3.05, 3.63) is 29.8 Å². The summed E-state index contributed by atoms with van der Waals surface area (Å²) in [6, 6.07) is 7.04. The average Bonchev–Trinajstić information content (AvgIpc) is 3.09. The molecule has 0 aliphatic carbocycles. The molecule has 2 aliphatic rings. The van der Waals surface area contributed by atoms with Gasteiger partial charge in [0.1, 0.15) is 0 Å². The van der Waals surface area contributed by atoms with Crippen LogP contribution in [0.4, 0.5) is 5.69 Å². The van der Waals surface area contributed by atoms with Gasteiger partial charge in [-0.25, -0.2) is 4.79 Å². The quantitative estimate of drug-likeness (QED) is 0.815. The second-order valence-corrected chi connectivity index (χ2v) is 6.11. The summed E-state index contributed by atoms with van der Waals surface area (Å²) in [6.45, 7) is 4.68. The summed E-state index contributed by atoms with van der Waals surface area (Å²) in [7, 11) is 0. The molecule has 2 aliphatic heterocycles. The summed E-state index contributed by atoms with van der Waals surface area (Å²) in [4.78, 5) is 26.2. The van der Waals surface area contributed by atoms with Crippen molar-refractivity contribution in [2.75, 3.05) is 44.8 Å². The van der Waals surface area contributed by atoms with E-state index < -0.39 is 11.8 Å². The number of esters is 1. The van der Waals surface area contributed by atoms with Crippen LogP contribution in [0.1, 0.15) is 30.1 Å². The minimum Gasteiger partial charge on any atom is -0.462 e. The van der Waals surface area contributed by atoms with Crippen molar-refractivity contribution < 1.29 is 23.8 Å². The van der Waals surface area contributed by atoms with Crippen LogP contribution in [-0.4, -0.2) is 62.0 Å². The van der Waals surface area contributed by atoms with Crippen LogP contribution in [0.3, 0.4) is 0 Å². The van der Waals surface area contributed by atoms with Gasteiger partial charge >= 0.3 is 5.97 Å². The molecule has 1 aromatic rings. The molecule has 7 nitrogen and oxygen atoms in total. The molecule has 136 valence electrons. The second kappa shape index (κ2) is 7.84. The summed E-state index contributed by atoms with van der Waals surface area (Å²) in [5.74, 6) is -0.888. The highest BCUT2D eigenvalue weighted by Crippen LogP contribution is 2.31. The van der Waals surface area contributed by atoms with Crippen LogP contribution in [0.25, 0.3) is 0 Å². The van der Waals surface area contributed by atoms with Gasteiger partial charge in [0.15, 0.2) is 5.79 Å². The lowest BCUT2D eigenvalue weighted by Crippen LogP contribution is -2.48. The fourth-order valence-corrected chi connectivity index (χ4v) is 3.19. The molecule has 0 atom stereocenters. The Morgan fingerprint density at radius 3 is 2.56 bits per heavy atom. The molecule has 1 spiro atoms. The van der Waals surface area contributed by atoms with Gasteiger partial charge in [0, 0.05) is 31.6 Å². The minimum absolute atomic E-state index is 0.00786. The maximum Gasteiger partial charge on any atom is 0.340 e. The number of nitrogens with zero attached hydrogens (tertiary/aromatic N) is 1. The molecule has 0 bridgehead atoms. The van der Waals surface area contributed by atoms with E-state index >= 15 is 0 Å². The predicted molar refractivity (Wildman–Crippen MR) is 91.3 cm³/mol. The van der Waals surface area contributed by atoms with E-state index in [9.17, 15) is 9.59 Å². The lowest BCUT2D eigenvalue weighted by atomic mass is 10.0. The van der Waals surface area contributed by atoms with E-state index in [4.69, 9.17) is 14.2 Å². The molecule has 25 heavy (non-hydrogen) atoms. The molecular formula is C18H24N2O5. The largest absolute Gasteiger partial charge is 0.462 e. The number of hydrogen-bond acceptors (Lipinski definition) is 6. The number of rotatable bonds is 5. The molecule has 2 heterocycles. The minimum atomic E-state index is -0.485. The summed E-state index contributed by atoms with van der Waals surface area (Å²) in [5, 5.41) is 3.06. The van der Waals surface area contributed by atoms with E-state index in [2.05, 4.69) is 5.32 Å². The molecule has 1 aromatic carbocycles. The van der Waals surface area contributed by atoms with Crippen molar-refractivity contribution in [2.45, 2.75) is 25.6 Å². The topological polar surface area (TPSA) is 77.1 Å². The van der Waals surface area contributed by atoms with E-state index in [1.54, 1.807) is 30.0 Å². The zero-order chi connectivity index (χ0) is 17.7. The zero-order valence-corrected chi connectivity index (χ0v) is 14.5. The number of nitrogens with one attached hydrogen (secondary N) is 1. The molecule has 2 saturated heterocycles. The summed E-state index contributed by atoms with van der Waals surface area (Å²) >= 11 is 0. The SMILES string of the molecule is CCOC(=O)c1ccccc1NCC(=O)N1CCC2(CC1)OCCO2. The van der Waals surface area contributed by atoms with Gasteiger partial charge in [0.25, 0.3) is 0 Å². The van der Waals surface area contributed by atoms with E-state index in [-0.39, 0.29) is 12.5 Å². The van der Waals surface area contributed by atoms with Gasteiger partial charge in [0.05, 0.1) is 31.9 Å². The van der Waals surface area contributed by atoms with Gasteiger partial charge in [0.2, 0.25) is 5.91 Å². The van der Waals surface area contributed by atoms with Crippen molar-refractivity contribution in [3.8, 4) is 0 Å². The molecule has 1 amide bonds. The van der Waals surface area contributed by atoms with Gasteiger partial charge in [-0.05, 0) is 19.1 Å². The van der Waals surface area contributed by atoms with Crippen LogP contribution < -0.4 is 5.32 Å². The highest BCUT2D eigenvalue weighted by atomic mass is 16.7. The summed E-state index contributed by atoms with van der Waals surface area (Å²) in [5.41, 5.74) is 1.03. The third kappa shape index (κ3) is 4.11. The number of hydrogen-bond donors (Lipinski definition) is 1. The second-order valence-electron chi connectivity index (χ2n) is 6.11. The first-order valence-electron chi connectivity index (χ1n) is 8.69. The standard InChI is InChI=1S/C18H24N2O5/c1-2-23-17(22)14-5-3-4-6-15(14)19-13-16(21)20-9-7-18(8-10-20)24-11-12-25-18/h3-6,19H,2,7-13H2,1H3. The summed E-state index contributed by atoms with van der Waals surface area (Å²) < 4.78 is 16.4. The molecule has 2 fully saturated rings. The van der Waals surface area contributed by atoms with Crippen LogP contribution in [0.2, 0.25) is 0 Å². The van der Waals surface area contributed by atoms with E-state index in [1.165, 1.54) is 0 Å². The van der Waals surface area contributed by atoms with Crippen LogP contribution >= 0.6 is 0 Å². The molecule has 0 radical (unpaired) electrons. The molecule has 0 aromatic heterocycles. The number of para-hydroxylation sites is 1. The zero-order valence-electron chi connectivity index (χ0n) is 14.5. The molecular weight excluding hydrogens is 324 g/mol. The molecule has 3 rings (SSSR count). The number of ether oxygens (including phenoxy) is 3. The van der Waals surface area contributed by atoms with Gasteiger partial charge in [-0.2, -0.15) is 0 Å². The monoisotopic (exact) mass is 348 g/mol. The first-order valence-corrected chi connectivity index (χ1v) is 8.69. The van der Waals surface area contributed by atoms with Crippen molar-refractivity contribution >= 4 is 17.6 Å². The predicted octanol–water partition coefficient (Wildman–Crippen LogP) is 1.64. The van der Waals surface area contributed by atoms with Crippen molar-refractivity contribution in [1.82, 2.24) is 4.90 Å². The van der Waals surface area contributed by atoms with Crippen LogP contribution in [0.15, 0.2) is 24.3 Å². The Kier molecular flexibility index (Phi) is 5.55. The Labute approximate surface area is 147 Å². The molecule has 0 unspecified atom stereocenters. The van der Waals surface area contributed by atoms with Crippen LogP contribution in [-0.2, 0) is 19.0 Å². The van der Waals surface area contributed by atoms with E-state index in [1.807, 2.05) is 6.07 Å². The third-order valence-corrected chi connectivity index (χ3v) is 4.54. The Bertz CT molecular complexity index is 618. The Balaban J connectivity index is 1.54. The van der Waals surface area contributed by atoms with Gasteiger partial charge in [-0.3, -0.25) is 4.79 Å². The number of likely N-dealkylation sites (tertiary alicyclic amines) is 1. The number of carbonyl (C=O) groups excluding carboxylic acids is 2. The lowest BCUT2D eigenvalue weighted by Gasteiger charge is -2.37. The fourth-order valence-electron chi connectivity index (χ4n) is 3.19. The smallest absolute Gasteiger partial charge is 0.340 e. The summed E-state index contributed by atoms with van der Waals surface area (Å²) in [6.07, 6.45) is 1.39. The maximum absolute atomic E-state index is 12.4. The van der Waals surface area contributed by atoms with Gasteiger partial charge in [-0.1, -0.05) is 12.1 Å². The number of piperidine rings is 1.